The lowest BCUT2D eigenvalue weighted by Crippen LogP contribution is -2.41. The number of hydrogen-bond acceptors (Lipinski definition) is 4. The van der Waals surface area contributed by atoms with Crippen molar-refractivity contribution in [2.45, 2.75) is 56.9 Å². The van der Waals surface area contributed by atoms with Crippen molar-refractivity contribution in [1.82, 2.24) is 10.6 Å². The van der Waals surface area contributed by atoms with E-state index in [9.17, 15) is 0 Å². The van der Waals surface area contributed by atoms with Crippen LogP contribution in [0, 0.1) is 5.92 Å². The summed E-state index contributed by atoms with van der Waals surface area (Å²) < 4.78 is 13.7. The van der Waals surface area contributed by atoms with E-state index in [-0.39, 0.29) is 12.5 Å². The van der Waals surface area contributed by atoms with E-state index in [1.54, 1.807) is 0 Å². The summed E-state index contributed by atoms with van der Waals surface area (Å²) in [4.78, 5) is 0. The predicted octanol–water partition coefficient (Wildman–Crippen LogP) is 5.53. The fourth-order valence-corrected chi connectivity index (χ4v) is 9.74. The van der Waals surface area contributed by atoms with Crippen molar-refractivity contribution in [3.8, 4) is 0 Å². The van der Waals surface area contributed by atoms with Gasteiger partial charge in [0.25, 0.3) is 0 Å². The second-order valence-electron chi connectivity index (χ2n) is 9.31. The molecule has 0 amide bonds. The van der Waals surface area contributed by atoms with E-state index in [2.05, 4.69) is 109 Å². The Balaban J connectivity index is 1.31. The van der Waals surface area contributed by atoms with Gasteiger partial charge in [0.2, 0.25) is 0 Å². The summed E-state index contributed by atoms with van der Waals surface area (Å²) in [6, 6.07) is 34.0. The van der Waals surface area contributed by atoms with Gasteiger partial charge in [-0.15, -0.1) is 0 Å². The summed E-state index contributed by atoms with van der Waals surface area (Å²) in [6.07, 6.45) is 1.14. The molecule has 0 bridgehead atoms. The summed E-state index contributed by atoms with van der Waals surface area (Å²) in [6.45, 7) is 3.89. The fourth-order valence-electron chi connectivity index (χ4n) is 5.27. The first-order valence-electron chi connectivity index (χ1n) is 12.2. The Hall–Kier alpha value is -2.28. The molecule has 3 aromatic rings. The molecule has 1 spiro atoms. The molecular formula is C28H34N2O2Si. The number of rotatable bonds is 8. The molecule has 5 atom stereocenters. The summed E-state index contributed by atoms with van der Waals surface area (Å²) in [5.74, 6) is 0.802. The highest BCUT2D eigenvalue weighted by Crippen LogP contribution is 2.48. The number of benzene rings is 3. The van der Waals surface area contributed by atoms with Gasteiger partial charge in [-0.3, -0.25) is 10.6 Å². The minimum Gasteiger partial charge on any atom is -0.378 e. The van der Waals surface area contributed by atoms with Gasteiger partial charge in [-0.1, -0.05) is 97.9 Å². The van der Waals surface area contributed by atoms with Crippen molar-refractivity contribution >= 4 is 8.56 Å². The van der Waals surface area contributed by atoms with Crippen LogP contribution >= 0.6 is 0 Å². The van der Waals surface area contributed by atoms with Crippen LogP contribution in [0.2, 0.25) is 12.1 Å². The molecule has 4 nitrogen and oxygen atoms in total. The molecule has 2 aliphatic rings. The highest BCUT2D eigenvalue weighted by molar-refractivity contribution is 6.69. The lowest BCUT2D eigenvalue weighted by molar-refractivity contribution is 0.0791. The van der Waals surface area contributed by atoms with Crippen LogP contribution in [0.5, 0.6) is 0 Å². The van der Waals surface area contributed by atoms with Crippen molar-refractivity contribution in [3.63, 3.8) is 0 Å². The first-order chi connectivity index (χ1) is 16.2. The number of hydrogen-bond donors (Lipinski definition) is 2. The van der Waals surface area contributed by atoms with Crippen LogP contribution in [0.15, 0.2) is 91.0 Å². The molecule has 0 aromatic heterocycles. The highest BCUT2D eigenvalue weighted by Gasteiger charge is 2.58. The van der Waals surface area contributed by atoms with E-state index in [1.807, 2.05) is 0 Å². The maximum absolute atomic E-state index is 6.88. The van der Waals surface area contributed by atoms with E-state index >= 15 is 0 Å². The second kappa shape index (κ2) is 10.3. The third-order valence-electron chi connectivity index (χ3n) is 7.03. The molecule has 0 radical (unpaired) electrons. The van der Waals surface area contributed by atoms with Gasteiger partial charge >= 0.3 is 8.56 Å². The average Bonchev–Trinajstić information content (AvgIpc) is 3.42. The Morgan fingerprint density at radius 2 is 1.21 bits per heavy atom. The van der Waals surface area contributed by atoms with Crippen LogP contribution in [0.4, 0.5) is 0 Å². The van der Waals surface area contributed by atoms with Crippen LogP contribution in [-0.2, 0) is 21.9 Å². The minimum atomic E-state index is -2.33. The van der Waals surface area contributed by atoms with Crippen molar-refractivity contribution in [1.29, 1.82) is 0 Å². The summed E-state index contributed by atoms with van der Waals surface area (Å²) in [5.41, 5.74) is 3.90. The molecule has 33 heavy (non-hydrogen) atoms. The maximum Gasteiger partial charge on any atom is 0.341 e. The van der Waals surface area contributed by atoms with Crippen molar-refractivity contribution < 1.29 is 8.85 Å². The molecule has 3 unspecified atom stereocenters. The molecule has 2 aliphatic heterocycles. The smallest absolute Gasteiger partial charge is 0.341 e. The third-order valence-corrected chi connectivity index (χ3v) is 10.6. The van der Waals surface area contributed by atoms with Gasteiger partial charge in [0.1, 0.15) is 12.5 Å². The van der Waals surface area contributed by atoms with E-state index in [0.717, 1.165) is 31.6 Å². The first kappa shape index (κ1) is 22.5. The van der Waals surface area contributed by atoms with Crippen LogP contribution in [0.1, 0.15) is 36.0 Å². The van der Waals surface area contributed by atoms with E-state index in [1.165, 1.54) is 16.7 Å². The molecule has 3 aromatic carbocycles. The Bertz CT molecular complexity index is 1000. The molecule has 2 N–H and O–H groups in total. The molecule has 2 heterocycles. The average molecular weight is 459 g/mol. The van der Waals surface area contributed by atoms with Crippen LogP contribution in [-0.4, -0.2) is 21.0 Å². The molecule has 5 rings (SSSR count). The predicted molar refractivity (Wildman–Crippen MR) is 135 cm³/mol. The van der Waals surface area contributed by atoms with Crippen LogP contribution in [0.3, 0.4) is 0 Å². The van der Waals surface area contributed by atoms with Gasteiger partial charge in [-0.2, -0.15) is 0 Å². The lowest BCUT2D eigenvalue weighted by Gasteiger charge is -2.24. The Morgan fingerprint density at radius 1 is 0.697 bits per heavy atom. The molecule has 5 heteroatoms. The lowest BCUT2D eigenvalue weighted by atomic mass is 9.99. The van der Waals surface area contributed by atoms with E-state index in [0.29, 0.717) is 11.8 Å². The highest BCUT2D eigenvalue weighted by atomic mass is 28.4. The Labute approximate surface area is 198 Å². The third kappa shape index (κ3) is 5.29. The van der Waals surface area contributed by atoms with Crippen LogP contribution in [0.25, 0.3) is 0 Å². The van der Waals surface area contributed by atoms with Crippen molar-refractivity contribution in [2.24, 2.45) is 5.92 Å². The molecule has 2 saturated heterocycles. The minimum absolute atomic E-state index is 0.0235. The summed E-state index contributed by atoms with van der Waals surface area (Å²) in [5, 5.41) is 7.40. The molecule has 0 saturated carbocycles. The molecule has 2 fully saturated rings. The van der Waals surface area contributed by atoms with Gasteiger partial charge < -0.3 is 8.85 Å². The largest absolute Gasteiger partial charge is 0.378 e. The quantitative estimate of drug-likeness (QED) is 0.436. The van der Waals surface area contributed by atoms with Gasteiger partial charge in [0.15, 0.2) is 0 Å². The molecular weight excluding hydrogens is 424 g/mol. The van der Waals surface area contributed by atoms with Gasteiger partial charge in [-0.05, 0) is 35.1 Å². The first-order valence-corrected chi connectivity index (χ1v) is 14.4. The van der Waals surface area contributed by atoms with E-state index in [4.69, 9.17) is 8.85 Å². The Kier molecular flexibility index (Phi) is 7.04. The maximum atomic E-state index is 6.88. The standard InChI is InChI=1S/C28H34N2O2Si/c1-2-24-20-33(31-27(24)29-18-22-12-6-3-7-13-22)21-26(25-16-10-5-11-17-25)28(32-33)30-19-23-14-8-4-9-15-23/h3-17,24,26-30H,2,18-21H2,1H3/t24-,26+,27?,28?,33?/m1/s1. The van der Waals surface area contributed by atoms with Crippen LogP contribution < -0.4 is 10.6 Å². The van der Waals surface area contributed by atoms with Gasteiger partial charge in [0, 0.05) is 25.1 Å². The zero-order valence-corrected chi connectivity index (χ0v) is 20.3. The Morgan fingerprint density at radius 3 is 1.79 bits per heavy atom. The van der Waals surface area contributed by atoms with Crippen molar-refractivity contribution in [3.05, 3.63) is 108 Å². The fraction of sp³-hybridized carbons (Fsp3) is 0.357. The SMILES string of the molecule is CC[C@@H]1C[Si]2(C[C@@H](c3ccccc3)C(NCc3ccccc3)O2)OC1NCc1ccccc1. The molecule has 172 valence electrons. The number of nitrogens with one attached hydrogen (secondary N) is 2. The topological polar surface area (TPSA) is 42.5 Å². The summed E-state index contributed by atoms with van der Waals surface area (Å²) >= 11 is 0. The molecule has 0 aliphatic carbocycles. The monoisotopic (exact) mass is 458 g/mol. The zero-order chi connectivity index (χ0) is 22.5. The van der Waals surface area contributed by atoms with Gasteiger partial charge in [0.05, 0.1) is 0 Å². The summed E-state index contributed by atoms with van der Waals surface area (Å²) in [7, 11) is -2.33. The second-order valence-corrected chi connectivity index (χ2v) is 12.4. The normalized spacial score (nSPS) is 29.0. The van der Waals surface area contributed by atoms with Gasteiger partial charge in [-0.25, -0.2) is 0 Å². The van der Waals surface area contributed by atoms with Crippen molar-refractivity contribution in [2.75, 3.05) is 0 Å². The zero-order valence-electron chi connectivity index (χ0n) is 19.3. The van der Waals surface area contributed by atoms with E-state index < -0.39 is 8.56 Å².